The van der Waals surface area contributed by atoms with Gasteiger partial charge in [0, 0.05) is 11.1 Å². The molecule has 2 N–H and O–H groups in total. The number of nitrogens with two attached hydrogens (primary N) is 1. The van der Waals surface area contributed by atoms with Crippen LogP contribution in [0, 0.1) is 5.82 Å². The van der Waals surface area contributed by atoms with Crippen LogP contribution in [0.4, 0.5) is 4.39 Å². The van der Waals surface area contributed by atoms with Crippen LogP contribution >= 0.6 is 27.5 Å². The number of benzene rings is 2. The number of halogens is 3. The lowest BCUT2D eigenvalue weighted by molar-refractivity contribution is 0.171. The van der Waals surface area contributed by atoms with Crippen molar-refractivity contribution in [3.8, 4) is 11.5 Å². The molecule has 0 spiro atoms. The predicted molar refractivity (Wildman–Crippen MR) is 82.6 cm³/mol. The van der Waals surface area contributed by atoms with Gasteiger partial charge in [-0.25, -0.2) is 4.39 Å². The number of hydrogen-bond acceptors (Lipinski definition) is 3. The van der Waals surface area contributed by atoms with Gasteiger partial charge in [0.1, 0.15) is 19.0 Å². The first kappa shape index (κ1) is 14.6. The minimum Gasteiger partial charge on any atom is -0.486 e. The Labute approximate surface area is 134 Å². The van der Waals surface area contributed by atoms with E-state index in [2.05, 4.69) is 15.9 Å². The van der Waals surface area contributed by atoms with Crippen molar-refractivity contribution < 1.29 is 13.9 Å². The second-order valence-corrected chi connectivity index (χ2v) is 5.93. The fourth-order valence-corrected chi connectivity index (χ4v) is 2.87. The van der Waals surface area contributed by atoms with E-state index in [0.29, 0.717) is 39.8 Å². The number of ether oxygens (including phenoxy) is 2. The van der Waals surface area contributed by atoms with Gasteiger partial charge in [0.25, 0.3) is 0 Å². The topological polar surface area (TPSA) is 44.5 Å². The van der Waals surface area contributed by atoms with Crippen LogP contribution in [0.3, 0.4) is 0 Å². The Morgan fingerprint density at radius 3 is 2.48 bits per heavy atom. The zero-order valence-electron chi connectivity index (χ0n) is 10.9. The Hall–Kier alpha value is -1.30. The Kier molecular flexibility index (Phi) is 4.06. The lowest BCUT2D eigenvalue weighted by Crippen LogP contribution is -2.17. The molecule has 1 unspecified atom stereocenters. The molecule has 0 fully saturated rings. The zero-order valence-corrected chi connectivity index (χ0v) is 13.2. The van der Waals surface area contributed by atoms with Crippen LogP contribution in [0.15, 0.2) is 34.8 Å². The van der Waals surface area contributed by atoms with E-state index in [1.165, 1.54) is 6.07 Å². The summed E-state index contributed by atoms with van der Waals surface area (Å²) in [5.41, 5.74) is 7.70. The van der Waals surface area contributed by atoms with E-state index < -0.39 is 6.04 Å². The third-order valence-electron chi connectivity index (χ3n) is 3.30. The molecule has 3 rings (SSSR count). The van der Waals surface area contributed by atoms with Gasteiger partial charge in [0.2, 0.25) is 0 Å². The highest BCUT2D eigenvalue weighted by molar-refractivity contribution is 9.10. The first-order valence-electron chi connectivity index (χ1n) is 6.36. The Balaban J connectivity index is 2.00. The molecule has 1 aliphatic heterocycles. The highest BCUT2D eigenvalue weighted by Crippen LogP contribution is 2.38. The van der Waals surface area contributed by atoms with E-state index in [4.69, 9.17) is 26.8 Å². The average Bonchev–Trinajstić information content (AvgIpc) is 2.48. The van der Waals surface area contributed by atoms with Gasteiger partial charge in [0.15, 0.2) is 11.5 Å². The van der Waals surface area contributed by atoms with Gasteiger partial charge in [0.05, 0.1) is 10.5 Å². The summed E-state index contributed by atoms with van der Waals surface area (Å²) in [6, 6.07) is 7.64. The minimum absolute atomic E-state index is 0.334. The van der Waals surface area contributed by atoms with Crippen molar-refractivity contribution in [2.75, 3.05) is 13.2 Å². The molecule has 1 atom stereocenters. The van der Waals surface area contributed by atoms with Gasteiger partial charge in [-0.05, 0) is 45.3 Å². The summed E-state index contributed by atoms with van der Waals surface area (Å²) in [6.07, 6.45) is 0. The molecule has 0 amide bonds. The molecule has 2 aromatic rings. The third kappa shape index (κ3) is 2.86. The summed E-state index contributed by atoms with van der Waals surface area (Å²) in [4.78, 5) is 0. The predicted octanol–water partition coefficient (Wildman–Crippen LogP) is 4.06. The lowest BCUT2D eigenvalue weighted by atomic mass is 9.99. The molecule has 0 aromatic heterocycles. The van der Waals surface area contributed by atoms with Crippen LogP contribution in [0.1, 0.15) is 17.2 Å². The van der Waals surface area contributed by atoms with Crippen LogP contribution in [0.2, 0.25) is 5.02 Å². The second-order valence-electron chi connectivity index (χ2n) is 4.67. The smallest absolute Gasteiger partial charge is 0.162 e. The number of rotatable bonds is 2. The van der Waals surface area contributed by atoms with Gasteiger partial charge in [-0.3, -0.25) is 0 Å². The maximum Gasteiger partial charge on any atom is 0.162 e. The van der Waals surface area contributed by atoms with Crippen molar-refractivity contribution in [1.29, 1.82) is 0 Å². The van der Waals surface area contributed by atoms with Gasteiger partial charge >= 0.3 is 0 Å². The van der Waals surface area contributed by atoms with Crippen molar-refractivity contribution in [2.45, 2.75) is 6.04 Å². The van der Waals surface area contributed by atoms with Crippen molar-refractivity contribution in [1.82, 2.24) is 0 Å². The standard InChI is InChI=1S/C15H12BrClFNO2/c16-10-5-8(1-2-12(10)18)15(19)9-6-13-14(7-11(9)17)21-4-3-20-13/h1-2,5-7,15H,3-4,19H2. The first-order valence-corrected chi connectivity index (χ1v) is 7.53. The molecule has 0 aliphatic carbocycles. The molecule has 0 radical (unpaired) electrons. The molecule has 0 saturated carbocycles. The molecule has 3 nitrogen and oxygen atoms in total. The summed E-state index contributed by atoms with van der Waals surface area (Å²) in [6.45, 7) is 0.991. The fourth-order valence-electron chi connectivity index (χ4n) is 2.20. The van der Waals surface area contributed by atoms with Crippen LogP contribution in [0.25, 0.3) is 0 Å². The normalized spacial score (nSPS) is 14.9. The fraction of sp³-hybridized carbons (Fsp3) is 0.200. The molecular formula is C15H12BrClFNO2. The van der Waals surface area contributed by atoms with E-state index in [1.807, 2.05) is 0 Å². The Morgan fingerprint density at radius 1 is 1.14 bits per heavy atom. The molecular weight excluding hydrogens is 361 g/mol. The maximum absolute atomic E-state index is 13.3. The lowest BCUT2D eigenvalue weighted by Gasteiger charge is -2.22. The van der Waals surface area contributed by atoms with E-state index in [1.54, 1.807) is 24.3 Å². The highest BCUT2D eigenvalue weighted by Gasteiger charge is 2.20. The molecule has 0 bridgehead atoms. The van der Waals surface area contributed by atoms with E-state index >= 15 is 0 Å². The minimum atomic E-state index is -0.481. The van der Waals surface area contributed by atoms with Gasteiger partial charge in [-0.15, -0.1) is 0 Å². The van der Waals surface area contributed by atoms with Crippen LogP contribution < -0.4 is 15.2 Å². The third-order valence-corrected chi connectivity index (χ3v) is 4.23. The molecule has 110 valence electrons. The molecule has 1 heterocycles. The van der Waals surface area contributed by atoms with Gasteiger partial charge < -0.3 is 15.2 Å². The van der Waals surface area contributed by atoms with Gasteiger partial charge in [-0.2, -0.15) is 0 Å². The quantitative estimate of drug-likeness (QED) is 0.864. The largest absolute Gasteiger partial charge is 0.486 e. The van der Waals surface area contributed by atoms with Crippen LogP contribution in [-0.4, -0.2) is 13.2 Å². The number of hydrogen-bond donors (Lipinski definition) is 1. The molecule has 6 heteroatoms. The summed E-state index contributed by atoms with van der Waals surface area (Å²) in [7, 11) is 0. The van der Waals surface area contributed by atoms with Crippen molar-refractivity contribution in [2.24, 2.45) is 5.73 Å². The van der Waals surface area contributed by atoms with Crippen LogP contribution in [-0.2, 0) is 0 Å². The molecule has 0 saturated heterocycles. The Morgan fingerprint density at radius 2 is 1.81 bits per heavy atom. The summed E-state index contributed by atoms with van der Waals surface area (Å²) >= 11 is 9.43. The van der Waals surface area contributed by atoms with Crippen molar-refractivity contribution in [3.63, 3.8) is 0 Å². The van der Waals surface area contributed by atoms with E-state index in [9.17, 15) is 4.39 Å². The van der Waals surface area contributed by atoms with Crippen molar-refractivity contribution in [3.05, 3.63) is 56.8 Å². The van der Waals surface area contributed by atoms with E-state index in [0.717, 1.165) is 5.56 Å². The monoisotopic (exact) mass is 371 g/mol. The molecule has 1 aliphatic rings. The van der Waals surface area contributed by atoms with Gasteiger partial charge in [-0.1, -0.05) is 17.7 Å². The average molecular weight is 373 g/mol. The van der Waals surface area contributed by atoms with Crippen molar-refractivity contribution >= 4 is 27.5 Å². The number of fused-ring (bicyclic) bond motifs is 1. The summed E-state index contributed by atoms with van der Waals surface area (Å²) in [5, 5.41) is 0.493. The maximum atomic E-state index is 13.3. The van der Waals surface area contributed by atoms with Crippen LogP contribution in [0.5, 0.6) is 11.5 Å². The molecule has 21 heavy (non-hydrogen) atoms. The zero-order chi connectivity index (χ0) is 15.0. The highest BCUT2D eigenvalue weighted by atomic mass is 79.9. The Bertz CT molecular complexity index is 696. The SMILES string of the molecule is NC(c1ccc(F)c(Br)c1)c1cc2c(cc1Cl)OCCO2. The second kappa shape index (κ2) is 5.83. The molecule has 2 aromatic carbocycles. The summed E-state index contributed by atoms with van der Waals surface area (Å²) in [5.74, 6) is 0.902. The van der Waals surface area contributed by atoms with E-state index in [-0.39, 0.29) is 5.82 Å². The summed E-state index contributed by atoms with van der Waals surface area (Å²) < 4.78 is 24.7. The first-order chi connectivity index (χ1) is 10.1.